The van der Waals surface area contributed by atoms with Gasteiger partial charge in [-0.2, -0.15) is 0 Å². The lowest BCUT2D eigenvalue weighted by Gasteiger charge is -2.24. The van der Waals surface area contributed by atoms with E-state index in [4.69, 9.17) is 0 Å². The molecule has 1 atom stereocenters. The zero-order valence-electron chi connectivity index (χ0n) is 12.5. The van der Waals surface area contributed by atoms with Gasteiger partial charge in [0.1, 0.15) is 5.82 Å². The number of hydrogen-bond donors (Lipinski definition) is 1. The minimum absolute atomic E-state index is 0.119. The fraction of sp³-hybridized carbons (Fsp3) is 0.235. The van der Waals surface area contributed by atoms with Gasteiger partial charge < -0.3 is 5.32 Å². The van der Waals surface area contributed by atoms with E-state index in [0.29, 0.717) is 12.2 Å². The number of nitrogens with zero attached hydrogens (tertiary/aromatic N) is 1. The molecule has 1 unspecified atom stereocenters. The van der Waals surface area contributed by atoms with Gasteiger partial charge in [0.05, 0.1) is 6.04 Å². The van der Waals surface area contributed by atoms with Crippen molar-refractivity contribution in [2.24, 2.45) is 0 Å². The van der Waals surface area contributed by atoms with Crippen molar-refractivity contribution in [2.45, 2.75) is 19.5 Å². The van der Waals surface area contributed by atoms with Crippen LogP contribution in [0.15, 0.2) is 53.0 Å². The zero-order valence-corrected chi connectivity index (χ0v) is 14.1. The van der Waals surface area contributed by atoms with Crippen LogP contribution < -0.4 is 5.32 Å². The number of carbonyl (C=O) groups excluding carboxylic acids is 1. The lowest BCUT2D eigenvalue weighted by molar-refractivity contribution is -0.120. The highest BCUT2D eigenvalue weighted by Gasteiger charge is 2.18. The third kappa shape index (κ3) is 4.64. The monoisotopic (exact) mass is 364 g/mol. The van der Waals surface area contributed by atoms with Crippen LogP contribution in [0.1, 0.15) is 12.5 Å². The molecule has 0 aliphatic carbocycles. The summed E-state index contributed by atoms with van der Waals surface area (Å²) in [4.78, 5) is 14.2. The summed E-state index contributed by atoms with van der Waals surface area (Å²) >= 11 is 3.40. The Balaban J connectivity index is 1.94. The van der Waals surface area contributed by atoms with Crippen molar-refractivity contribution >= 4 is 27.5 Å². The van der Waals surface area contributed by atoms with Gasteiger partial charge in [0.2, 0.25) is 5.91 Å². The molecule has 0 spiro atoms. The van der Waals surface area contributed by atoms with Crippen LogP contribution in [0.2, 0.25) is 0 Å². The number of hydrogen-bond acceptors (Lipinski definition) is 2. The summed E-state index contributed by atoms with van der Waals surface area (Å²) in [6.45, 7) is 2.52. The minimum Gasteiger partial charge on any atom is -0.325 e. The zero-order chi connectivity index (χ0) is 16.1. The Labute approximate surface area is 138 Å². The molecule has 0 saturated heterocycles. The van der Waals surface area contributed by atoms with E-state index in [0.717, 1.165) is 10.0 Å². The molecule has 0 saturated carbocycles. The molecule has 2 rings (SSSR count). The standard InChI is InChI=1S/C17H18BrFN2O/c1-12(17(22)20-16-9-7-15(19)8-10-16)21(2)11-13-3-5-14(18)6-4-13/h3-10,12H,11H2,1-2H3,(H,20,22). The van der Waals surface area contributed by atoms with E-state index in [9.17, 15) is 9.18 Å². The average molecular weight is 365 g/mol. The molecular formula is C17H18BrFN2O. The molecule has 1 N–H and O–H groups in total. The third-order valence-corrected chi connectivity index (χ3v) is 4.03. The fourth-order valence-electron chi connectivity index (χ4n) is 1.99. The van der Waals surface area contributed by atoms with Crippen LogP contribution >= 0.6 is 15.9 Å². The number of rotatable bonds is 5. The highest BCUT2D eigenvalue weighted by atomic mass is 79.9. The van der Waals surface area contributed by atoms with E-state index in [1.165, 1.54) is 12.1 Å². The summed E-state index contributed by atoms with van der Waals surface area (Å²) in [5.74, 6) is -0.440. The van der Waals surface area contributed by atoms with E-state index >= 15 is 0 Å². The molecule has 0 radical (unpaired) electrons. The Kier molecular flexibility index (Phi) is 5.69. The van der Waals surface area contributed by atoms with Gasteiger partial charge in [-0.25, -0.2) is 4.39 Å². The van der Waals surface area contributed by atoms with Crippen molar-refractivity contribution in [1.29, 1.82) is 0 Å². The van der Waals surface area contributed by atoms with Crippen molar-refractivity contribution in [2.75, 3.05) is 12.4 Å². The molecule has 0 fully saturated rings. The van der Waals surface area contributed by atoms with Crippen LogP contribution in [0.4, 0.5) is 10.1 Å². The molecule has 22 heavy (non-hydrogen) atoms. The van der Waals surface area contributed by atoms with Gasteiger partial charge in [-0.05, 0) is 55.9 Å². The summed E-state index contributed by atoms with van der Waals surface area (Å²) in [6.07, 6.45) is 0. The number of nitrogens with one attached hydrogen (secondary N) is 1. The second kappa shape index (κ2) is 7.51. The van der Waals surface area contributed by atoms with Gasteiger partial charge in [0, 0.05) is 16.7 Å². The summed E-state index contributed by atoms with van der Waals surface area (Å²) < 4.78 is 13.9. The highest BCUT2D eigenvalue weighted by Crippen LogP contribution is 2.14. The van der Waals surface area contributed by atoms with Crippen molar-refractivity contribution in [1.82, 2.24) is 4.90 Å². The van der Waals surface area contributed by atoms with E-state index in [1.54, 1.807) is 12.1 Å². The van der Waals surface area contributed by atoms with E-state index in [1.807, 2.05) is 43.1 Å². The maximum Gasteiger partial charge on any atom is 0.241 e. The number of carbonyl (C=O) groups is 1. The molecule has 0 aliphatic heterocycles. The number of halogens is 2. The first-order valence-electron chi connectivity index (χ1n) is 6.97. The van der Waals surface area contributed by atoms with Crippen molar-refractivity contribution < 1.29 is 9.18 Å². The molecule has 5 heteroatoms. The summed E-state index contributed by atoms with van der Waals surface area (Å²) in [5.41, 5.74) is 1.72. The second-order valence-electron chi connectivity index (χ2n) is 5.21. The predicted molar refractivity (Wildman–Crippen MR) is 90.1 cm³/mol. The largest absolute Gasteiger partial charge is 0.325 e. The molecule has 0 aromatic heterocycles. The van der Waals surface area contributed by atoms with Crippen LogP contribution in [0.25, 0.3) is 0 Å². The maximum absolute atomic E-state index is 12.9. The first-order chi connectivity index (χ1) is 10.5. The van der Waals surface area contributed by atoms with Gasteiger partial charge in [-0.15, -0.1) is 0 Å². The summed E-state index contributed by atoms with van der Waals surface area (Å²) in [6, 6.07) is 13.4. The van der Waals surface area contributed by atoms with Gasteiger partial charge in [0.25, 0.3) is 0 Å². The molecule has 0 heterocycles. The quantitative estimate of drug-likeness (QED) is 0.867. The highest BCUT2D eigenvalue weighted by molar-refractivity contribution is 9.10. The van der Waals surface area contributed by atoms with Gasteiger partial charge in [0.15, 0.2) is 0 Å². The molecule has 1 amide bonds. The SMILES string of the molecule is CC(C(=O)Nc1ccc(F)cc1)N(C)Cc1ccc(Br)cc1. The topological polar surface area (TPSA) is 32.3 Å². The first-order valence-corrected chi connectivity index (χ1v) is 7.76. The lowest BCUT2D eigenvalue weighted by Crippen LogP contribution is -2.39. The predicted octanol–water partition coefficient (Wildman–Crippen LogP) is 4.05. The molecule has 2 aromatic carbocycles. The van der Waals surface area contributed by atoms with Crippen LogP contribution in [0.3, 0.4) is 0 Å². The molecule has 116 valence electrons. The van der Waals surface area contributed by atoms with Crippen molar-refractivity contribution in [3.8, 4) is 0 Å². The third-order valence-electron chi connectivity index (χ3n) is 3.50. The molecular weight excluding hydrogens is 347 g/mol. The number of benzene rings is 2. The van der Waals surface area contributed by atoms with Crippen molar-refractivity contribution in [3.05, 3.63) is 64.4 Å². The Bertz CT molecular complexity index is 628. The smallest absolute Gasteiger partial charge is 0.241 e. The normalized spacial score (nSPS) is 12.2. The Morgan fingerprint density at radius 1 is 1.18 bits per heavy atom. The average Bonchev–Trinajstić information content (AvgIpc) is 2.51. The number of likely N-dealkylation sites (N-methyl/N-ethyl adjacent to an activating group) is 1. The minimum atomic E-state index is -0.321. The maximum atomic E-state index is 12.9. The Hall–Kier alpha value is -1.72. The Morgan fingerprint density at radius 3 is 2.36 bits per heavy atom. The van der Waals surface area contributed by atoms with E-state index in [2.05, 4.69) is 21.2 Å². The first kappa shape index (κ1) is 16.6. The van der Waals surface area contributed by atoms with Crippen LogP contribution in [-0.2, 0) is 11.3 Å². The lowest BCUT2D eigenvalue weighted by atomic mass is 10.2. The molecule has 2 aromatic rings. The van der Waals surface area contributed by atoms with Crippen LogP contribution in [0, 0.1) is 5.82 Å². The summed E-state index contributed by atoms with van der Waals surface area (Å²) in [5, 5.41) is 2.79. The Morgan fingerprint density at radius 2 is 1.77 bits per heavy atom. The van der Waals surface area contributed by atoms with Crippen molar-refractivity contribution in [3.63, 3.8) is 0 Å². The van der Waals surface area contributed by atoms with Gasteiger partial charge in [-0.1, -0.05) is 28.1 Å². The molecule has 3 nitrogen and oxygen atoms in total. The summed E-state index contributed by atoms with van der Waals surface area (Å²) in [7, 11) is 1.90. The van der Waals surface area contributed by atoms with E-state index < -0.39 is 0 Å². The van der Waals surface area contributed by atoms with Crippen LogP contribution in [0.5, 0.6) is 0 Å². The fourth-order valence-corrected chi connectivity index (χ4v) is 2.26. The van der Waals surface area contributed by atoms with Gasteiger partial charge >= 0.3 is 0 Å². The number of anilines is 1. The number of amides is 1. The second-order valence-corrected chi connectivity index (χ2v) is 6.13. The van der Waals surface area contributed by atoms with Crippen LogP contribution in [-0.4, -0.2) is 23.9 Å². The van der Waals surface area contributed by atoms with E-state index in [-0.39, 0.29) is 17.8 Å². The van der Waals surface area contributed by atoms with Gasteiger partial charge in [-0.3, -0.25) is 9.69 Å². The molecule has 0 bridgehead atoms. The molecule has 0 aliphatic rings.